The second kappa shape index (κ2) is 7.18. The highest BCUT2D eigenvalue weighted by Gasteiger charge is 2.69. The molecular weight excluding hydrogens is 401 g/mol. The Morgan fingerprint density at radius 3 is 2.55 bits per heavy atom. The van der Waals surface area contributed by atoms with E-state index in [2.05, 4.69) is 15.6 Å². The third kappa shape index (κ3) is 3.85. The molecule has 0 saturated heterocycles. The lowest BCUT2D eigenvalue weighted by atomic mass is 9.44. The van der Waals surface area contributed by atoms with Gasteiger partial charge in [-0.3, -0.25) is 14.6 Å². The van der Waals surface area contributed by atoms with E-state index in [1.165, 1.54) is 25.4 Å². The summed E-state index contributed by atoms with van der Waals surface area (Å²) in [6.45, 7) is -0.226. The van der Waals surface area contributed by atoms with E-state index < -0.39 is 5.82 Å². The summed E-state index contributed by atoms with van der Waals surface area (Å²) < 4.78 is 23.8. The summed E-state index contributed by atoms with van der Waals surface area (Å²) in [5.41, 5.74) is -0.341. The van der Waals surface area contributed by atoms with Crippen LogP contribution < -0.4 is 20.1 Å². The Bertz CT molecular complexity index is 964. The highest BCUT2D eigenvalue weighted by Crippen LogP contribution is 2.60. The van der Waals surface area contributed by atoms with Crippen LogP contribution in [0, 0.1) is 5.82 Å². The van der Waals surface area contributed by atoms with Crippen LogP contribution in [0.2, 0.25) is 5.02 Å². The van der Waals surface area contributed by atoms with E-state index in [-0.39, 0.29) is 46.0 Å². The van der Waals surface area contributed by atoms with Crippen LogP contribution in [0.25, 0.3) is 0 Å². The number of methoxy groups -OCH3 is 1. The predicted octanol–water partition coefficient (Wildman–Crippen LogP) is 2.48. The first-order valence-electron chi connectivity index (χ1n) is 9.04. The predicted molar refractivity (Wildman–Crippen MR) is 103 cm³/mol. The molecule has 2 bridgehead atoms. The average molecular weight is 420 g/mol. The summed E-state index contributed by atoms with van der Waals surface area (Å²) in [6.07, 6.45) is 3.47. The second-order valence-corrected chi connectivity index (χ2v) is 7.95. The van der Waals surface area contributed by atoms with E-state index in [9.17, 15) is 14.0 Å². The number of nitrogens with one attached hydrogen (secondary N) is 2. The molecule has 0 atom stereocenters. The normalized spacial score (nSPS) is 24.0. The van der Waals surface area contributed by atoms with Crippen LogP contribution in [-0.2, 0) is 4.79 Å². The van der Waals surface area contributed by atoms with Gasteiger partial charge in [0.25, 0.3) is 11.8 Å². The van der Waals surface area contributed by atoms with Crippen LogP contribution in [0.1, 0.15) is 29.8 Å². The minimum Gasteiger partial charge on any atom is -0.497 e. The number of pyridine rings is 1. The summed E-state index contributed by atoms with van der Waals surface area (Å²) in [5, 5.41) is 5.93. The van der Waals surface area contributed by atoms with Crippen molar-refractivity contribution in [1.82, 2.24) is 15.6 Å². The quantitative estimate of drug-likeness (QED) is 0.719. The van der Waals surface area contributed by atoms with Gasteiger partial charge in [-0.1, -0.05) is 11.6 Å². The lowest BCUT2D eigenvalue weighted by molar-refractivity contribution is -0.141. The minimum absolute atomic E-state index is 0.00726. The van der Waals surface area contributed by atoms with Crippen molar-refractivity contribution < 1.29 is 23.5 Å². The molecule has 152 valence electrons. The lowest BCUT2D eigenvalue weighted by Gasteiger charge is -2.70. The molecule has 1 aromatic heterocycles. The third-order valence-electron chi connectivity index (χ3n) is 5.27. The molecule has 9 heteroatoms. The molecule has 5 rings (SSSR count). The molecule has 1 aromatic carbocycles. The summed E-state index contributed by atoms with van der Waals surface area (Å²) >= 11 is 5.62. The largest absolute Gasteiger partial charge is 0.497 e. The van der Waals surface area contributed by atoms with Crippen LogP contribution in [0.3, 0.4) is 0 Å². The SMILES string of the molecule is COc1ccnc(C(=O)NC23CC(NC(=O)COc4ccc(Cl)c(F)c4)(C2)C3)c1. The zero-order valence-corrected chi connectivity index (χ0v) is 16.4. The molecule has 0 unspecified atom stereocenters. The number of rotatable bonds is 7. The van der Waals surface area contributed by atoms with E-state index in [0.29, 0.717) is 25.0 Å². The number of ether oxygens (including phenoxy) is 2. The van der Waals surface area contributed by atoms with Crippen molar-refractivity contribution in [3.05, 3.63) is 53.1 Å². The van der Waals surface area contributed by atoms with Crippen LogP contribution in [0.15, 0.2) is 36.5 Å². The van der Waals surface area contributed by atoms with Crippen molar-refractivity contribution in [3.63, 3.8) is 0 Å². The minimum atomic E-state index is -0.604. The van der Waals surface area contributed by atoms with Gasteiger partial charge in [-0.25, -0.2) is 4.39 Å². The van der Waals surface area contributed by atoms with Crippen LogP contribution in [0.5, 0.6) is 11.5 Å². The summed E-state index contributed by atoms with van der Waals surface area (Å²) in [5.74, 6) is -0.375. The van der Waals surface area contributed by atoms with E-state index in [1.54, 1.807) is 12.1 Å². The Hall–Kier alpha value is -2.87. The molecule has 7 nitrogen and oxygen atoms in total. The molecule has 0 aliphatic heterocycles. The molecule has 3 aliphatic rings. The maximum Gasteiger partial charge on any atom is 0.270 e. The highest BCUT2D eigenvalue weighted by molar-refractivity contribution is 6.30. The highest BCUT2D eigenvalue weighted by atomic mass is 35.5. The molecule has 2 N–H and O–H groups in total. The molecule has 1 heterocycles. The molecule has 0 radical (unpaired) electrons. The summed E-state index contributed by atoms with van der Waals surface area (Å²) in [4.78, 5) is 28.6. The number of hydrogen-bond donors (Lipinski definition) is 2. The molecule has 3 fully saturated rings. The fourth-order valence-corrected chi connectivity index (χ4v) is 4.19. The number of benzene rings is 1. The zero-order valence-electron chi connectivity index (χ0n) is 15.6. The Balaban J connectivity index is 1.24. The van der Waals surface area contributed by atoms with E-state index >= 15 is 0 Å². The Morgan fingerprint density at radius 1 is 1.14 bits per heavy atom. The number of carbonyl (C=O) groups is 2. The number of carbonyl (C=O) groups excluding carboxylic acids is 2. The first-order valence-corrected chi connectivity index (χ1v) is 9.41. The maximum atomic E-state index is 13.4. The van der Waals surface area contributed by atoms with E-state index in [1.807, 2.05) is 0 Å². The van der Waals surface area contributed by atoms with Crippen molar-refractivity contribution >= 4 is 23.4 Å². The molecule has 3 aliphatic carbocycles. The fraction of sp³-hybridized carbons (Fsp3) is 0.350. The van der Waals surface area contributed by atoms with Gasteiger partial charge in [0.2, 0.25) is 0 Å². The van der Waals surface area contributed by atoms with Crippen LogP contribution in [0.4, 0.5) is 4.39 Å². The Labute approximate surface area is 171 Å². The molecule has 0 spiro atoms. The first-order chi connectivity index (χ1) is 13.8. The summed E-state index contributed by atoms with van der Waals surface area (Å²) in [7, 11) is 1.53. The maximum absolute atomic E-state index is 13.4. The van der Waals surface area contributed by atoms with E-state index in [4.69, 9.17) is 21.1 Å². The average Bonchev–Trinajstić information content (AvgIpc) is 2.66. The van der Waals surface area contributed by atoms with Gasteiger partial charge in [0.15, 0.2) is 6.61 Å². The van der Waals surface area contributed by atoms with Gasteiger partial charge in [0.1, 0.15) is 23.0 Å². The summed E-state index contributed by atoms with van der Waals surface area (Å²) in [6, 6.07) is 7.25. The van der Waals surface area contributed by atoms with Crippen molar-refractivity contribution in [1.29, 1.82) is 0 Å². The molecule has 2 aromatic rings. The van der Waals surface area contributed by atoms with Crippen molar-refractivity contribution in [3.8, 4) is 11.5 Å². The number of aromatic nitrogens is 1. The molecular formula is C20H19ClFN3O4. The topological polar surface area (TPSA) is 89.5 Å². The zero-order chi connectivity index (χ0) is 20.6. The second-order valence-electron chi connectivity index (χ2n) is 7.54. The van der Waals surface area contributed by atoms with Gasteiger partial charge >= 0.3 is 0 Å². The smallest absolute Gasteiger partial charge is 0.270 e. The van der Waals surface area contributed by atoms with Crippen molar-refractivity contribution in [2.45, 2.75) is 30.3 Å². The monoisotopic (exact) mass is 419 g/mol. The molecule has 2 amide bonds. The number of halogens is 2. The van der Waals surface area contributed by atoms with Crippen molar-refractivity contribution in [2.24, 2.45) is 0 Å². The van der Waals surface area contributed by atoms with Gasteiger partial charge in [-0.05, 0) is 37.5 Å². The van der Waals surface area contributed by atoms with Gasteiger partial charge in [-0.2, -0.15) is 0 Å². The van der Waals surface area contributed by atoms with Gasteiger partial charge in [0, 0.05) is 29.4 Å². The number of hydrogen-bond acceptors (Lipinski definition) is 5. The third-order valence-corrected chi connectivity index (χ3v) is 5.58. The Kier molecular flexibility index (Phi) is 4.82. The lowest BCUT2D eigenvalue weighted by Crippen LogP contribution is -2.84. The standard InChI is InChI=1S/C20H19ClFN3O4/c1-28-12-4-5-23-16(7-12)18(27)25-20-9-19(10-20,11-20)24-17(26)8-29-13-2-3-14(21)15(22)6-13/h2-7H,8-11H2,1H3,(H,24,26)(H,25,27). The van der Waals surface area contributed by atoms with Crippen molar-refractivity contribution in [2.75, 3.05) is 13.7 Å². The number of amides is 2. The first kappa shape index (κ1) is 19.4. The van der Waals surface area contributed by atoms with Gasteiger partial charge in [0.05, 0.1) is 12.1 Å². The molecule has 29 heavy (non-hydrogen) atoms. The van der Waals surface area contributed by atoms with Gasteiger partial charge < -0.3 is 20.1 Å². The molecule has 3 saturated carbocycles. The van der Waals surface area contributed by atoms with Crippen LogP contribution in [-0.4, -0.2) is 41.6 Å². The van der Waals surface area contributed by atoms with Crippen LogP contribution >= 0.6 is 11.6 Å². The fourth-order valence-electron chi connectivity index (χ4n) is 4.07. The van der Waals surface area contributed by atoms with E-state index in [0.717, 1.165) is 6.07 Å². The Morgan fingerprint density at radius 2 is 1.86 bits per heavy atom. The number of nitrogens with zero attached hydrogens (tertiary/aromatic N) is 1. The van der Waals surface area contributed by atoms with Gasteiger partial charge in [-0.15, -0.1) is 0 Å².